The number of rotatable bonds is 7. The molecule has 1 aromatic rings. The summed E-state index contributed by atoms with van der Waals surface area (Å²) < 4.78 is 0. The minimum atomic E-state index is -0.292. The Balaban J connectivity index is 2.71. The molecule has 4 N–H and O–H groups in total. The number of hydrogen-bond acceptors (Lipinski definition) is 4. The van der Waals surface area contributed by atoms with Gasteiger partial charge in [0.25, 0.3) is 0 Å². The van der Waals surface area contributed by atoms with Gasteiger partial charge in [-0.15, -0.1) is 0 Å². The topological polar surface area (TPSA) is 78.6 Å². The zero-order valence-electron chi connectivity index (χ0n) is 10.7. The normalized spacial score (nSPS) is 12.4. The molecule has 0 radical (unpaired) electrons. The molecule has 100 valence electrons. The Morgan fingerprint density at radius 2 is 2.11 bits per heavy atom. The van der Waals surface area contributed by atoms with Gasteiger partial charge < -0.3 is 10.0 Å². The van der Waals surface area contributed by atoms with Gasteiger partial charge in [0.15, 0.2) is 0 Å². The van der Waals surface area contributed by atoms with E-state index >= 15 is 0 Å². The van der Waals surface area contributed by atoms with Crippen molar-refractivity contribution in [1.29, 1.82) is 0 Å². The molecule has 18 heavy (non-hydrogen) atoms. The first-order valence-electron chi connectivity index (χ1n) is 6.03. The number of hydrogen-bond donors (Lipinski definition) is 3. The number of carbonyl (C=O) groups is 1. The number of nitrogens with zero attached hydrogens (tertiary/aromatic N) is 1. The van der Waals surface area contributed by atoms with E-state index in [1.54, 1.807) is 0 Å². The van der Waals surface area contributed by atoms with Crippen LogP contribution < -0.4 is 11.3 Å². The molecular weight excluding hydrogens is 230 g/mol. The molecule has 1 aromatic carbocycles. The highest BCUT2D eigenvalue weighted by Gasteiger charge is 2.21. The first-order valence-corrected chi connectivity index (χ1v) is 6.03. The lowest BCUT2D eigenvalue weighted by Crippen LogP contribution is -2.39. The number of amides is 1. The predicted molar refractivity (Wildman–Crippen MR) is 70.7 cm³/mol. The number of likely N-dealkylation sites (N-methyl/N-ethyl adjacent to an activating group) is 1. The summed E-state index contributed by atoms with van der Waals surface area (Å²) in [4.78, 5) is 13.8. The van der Waals surface area contributed by atoms with Gasteiger partial charge in [0.2, 0.25) is 5.91 Å². The molecule has 1 rings (SSSR count). The molecule has 0 aliphatic rings. The Bertz CT molecular complexity index is 357. The quantitative estimate of drug-likeness (QED) is 0.364. The Kier molecular flexibility index (Phi) is 6.35. The van der Waals surface area contributed by atoms with Crippen LogP contribution in [0.5, 0.6) is 0 Å². The van der Waals surface area contributed by atoms with Crippen molar-refractivity contribution in [2.24, 2.45) is 5.84 Å². The Morgan fingerprint density at radius 1 is 1.44 bits per heavy atom. The Morgan fingerprint density at radius 3 is 2.67 bits per heavy atom. The van der Waals surface area contributed by atoms with Gasteiger partial charge in [-0.25, -0.2) is 5.84 Å². The minimum absolute atomic E-state index is 0.156. The summed E-state index contributed by atoms with van der Waals surface area (Å²) in [5, 5.41) is 8.80. The number of aliphatic hydroxyl groups is 1. The fourth-order valence-electron chi connectivity index (χ4n) is 1.87. The van der Waals surface area contributed by atoms with Crippen LogP contribution in [-0.2, 0) is 4.79 Å². The van der Waals surface area contributed by atoms with Crippen LogP contribution in [0.1, 0.15) is 17.9 Å². The van der Waals surface area contributed by atoms with E-state index in [1.165, 1.54) is 0 Å². The zero-order valence-corrected chi connectivity index (χ0v) is 10.7. The lowest BCUT2D eigenvalue weighted by molar-refractivity contribution is -0.123. The molecule has 1 amide bonds. The number of carbonyl (C=O) groups excluding carboxylic acids is 1. The van der Waals surface area contributed by atoms with E-state index in [2.05, 4.69) is 5.43 Å². The molecule has 1 unspecified atom stereocenters. The maximum absolute atomic E-state index is 11.8. The molecular formula is C13H21N3O2. The first kappa shape index (κ1) is 14.6. The van der Waals surface area contributed by atoms with Crippen LogP contribution in [0.15, 0.2) is 30.3 Å². The summed E-state index contributed by atoms with van der Waals surface area (Å²) in [6, 6.07) is 9.55. The van der Waals surface area contributed by atoms with Crippen LogP contribution in [0.25, 0.3) is 0 Å². The van der Waals surface area contributed by atoms with E-state index in [1.807, 2.05) is 42.3 Å². The highest BCUT2D eigenvalue weighted by molar-refractivity contribution is 5.83. The highest BCUT2D eigenvalue weighted by atomic mass is 16.3. The monoisotopic (exact) mass is 251 g/mol. The van der Waals surface area contributed by atoms with E-state index in [-0.39, 0.29) is 18.4 Å². The van der Waals surface area contributed by atoms with Crippen molar-refractivity contribution in [3.63, 3.8) is 0 Å². The van der Waals surface area contributed by atoms with Gasteiger partial charge in [-0.05, 0) is 19.0 Å². The molecule has 5 nitrogen and oxygen atoms in total. The van der Waals surface area contributed by atoms with Crippen LogP contribution in [-0.4, -0.2) is 42.7 Å². The van der Waals surface area contributed by atoms with Crippen LogP contribution in [0.3, 0.4) is 0 Å². The molecule has 0 spiro atoms. The molecule has 5 heteroatoms. The smallest absolute Gasteiger partial charge is 0.242 e. The SMILES string of the molecule is CN(CCCO)CC(C(=O)NN)c1ccccc1. The second-order valence-electron chi connectivity index (χ2n) is 4.31. The molecule has 0 heterocycles. The Hall–Kier alpha value is -1.43. The molecule has 0 saturated heterocycles. The number of benzene rings is 1. The van der Waals surface area contributed by atoms with Crippen molar-refractivity contribution in [2.45, 2.75) is 12.3 Å². The summed E-state index contributed by atoms with van der Waals surface area (Å²) >= 11 is 0. The van der Waals surface area contributed by atoms with Crippen LogP contribution in [0, 0.1) is 0 Å². The lowest BCUT2D eigenvalue weighted by atomic mass is 9.98. The standard InChI is InChI=1S/C13H21N3O2/c1-16(8-5-9-17)10-12(13(18)15-14)11-6-3-2-4-7-11/h2-4,6-7,12,17H,5,8-10,14H2,1H3,(H,15,18). The first-order chi connectivity index (χ1) is 8.69. The van der Waals surface area contributed by atoms with Crippen LogP contribution in [0.2, 0.25) is 0 Å². The lowest BCUT2D eigenvalue weighted by Gasteiger charge is -2.23. The molecule has 0 saturated carbocycles. The predicted octanol–water partition coefficient (Wildman–Crippen LogP) is 0.0743. The molecule has 0 aliphatic carbocycles. The third-order valence-corrected chi connectivity index (χ3v) is 2.85. The van der Waals surface area contributed by atoms with Gasteiger partial charge in [-0.1, -0.05) is 30.3 Å². The molecule has 0 fully saturated rings. The zero-order chi connectivity index (χ0) is 13.4. The summed E-state index contributed by atoms with van der Waals surface area (Å²) in [6.45, 7) is 1.48. The van der Waals surface area contributed by atoms with Gasteiger partial charge in [0.05, 0.1) is 5.92 Å². The minimum Gasteiger partial charge on any atom is -0.396 e. The van der Waals surface area contributed by atoms with Gasteiger partial charge in [0, 0.05) is 19.7 Å². The van der Waals surface area contributed by atoms with Gasteiger partial charge in [-0.2, -0.15) is 0 Å². The van der Waals surface area contributed by atoms with Crippen LogP contribution >= 0.6 is 0 Å². The maximum Gasteiger partial charge on any atom is 0.242 e. The van der Waals surface area contributed by atoms with Crippen molar-refractivity contribution in [2.75, 3.05) is 26.7 Å². The van der Waals surface area contributed by atoms with Crippen molar-refractivity contribution >= 4 is 5.91 Å². The third kappa shape index (κ3) is 4.44. The average molecular weight is 251 g/mol. The maximum atomic E-state index is 11.8. The summed E-state index contributed by atoms with van der Waals surface area (Å²) in [6.07, 6.45) is 0.697. The number of hydrazine groups is 1. The van der Waals surface area contributed by atoms with E-state index in [0.717, 1.165) is 12.1 Å². The number of nitrogens with one attached hydrogen (secondary N) is 1. The van der Waals surface area contributed by atoms with E-state index in [4.69, 9.17) is 10.9 Å². The third-order valence-electron chi connectivity index (χ3n) is 2.85. The summed E-state index contributed by atoms with van der Waals surface area (Å²) in [5.41, 5.74) is 3.15. The molecule has 0 bridgehead atoms. The molecule has 1 atom stereocenters. The van der Waals surface area contributed by atoms with E-state index in [0.29, 0.717) is 13.0 Å². The fourth-order valence-corrected chi connectivity index (χ4v) is 1.87. The van der Waals surface area contributed by atoms with Gasteiger partial charge >= 0.3 is 0 Å². The highest BCUT2D eigenvalue weighted by Crippen LogP contribution is 2.16. The summed E-state index contributed by atoms with van der Waals surface area (Å²) in [5.74, 6) is 4.74. The number of aliphatic hydroxyl groups excluding tert-OH is 1. The van der Waals surface area contributed by atoms with E-state index < -0.39 is 0 Å². The van der Waals surface area contributed by atoms with Crippen molar-refractivity contribution in [1.82, 2.24) is 10.3 Å². The Labute approximate surface area is 108 Å². The molecule has 0 aliphatic heterocycles. The second-order valence-corrected chi connectivity index (χ2v) is 4.31. The van der Waals surface area contributed by atoms with Crippen molar-refractivity contribution in [3.05, 3.63) is 35.9 Å². The van der Waals surface area contributed by atoms with E-state index in [9.17, 15) is 4.79 Å². The van der Waals surface area contributed by atoms with Crippen molar-refractivity contribution < 1.29 is 9.90 Å². The van der Waals surface area contributed by atoms with Gasteiger partial charge in [0.1, 0.15) is 0 Å². The largest absolute Gasteiger partial charge is 0.396 e. The summed E-state index contributed by atoms with van der Waals surface area (Å²) in [7, 11) is 1.93. The number of nitrogens with two attached hydrogens (primary N) is 1. The van der Waals surface area contributed by atoms with Gasteiger partial charge in [-0.3, -0.25) is 10.2 Å². The fraction of sp³-hybridized carbons (Fsp3) is 0.462. The van der Waals surface area contributed by atoms with Crippen LogP contribution in [0.4, 0.5) is 0 Å². The van der Waals surface area contributed by atoms with Crippen molar-refractivity contribution in [3.8, 4) is 0 Å². The second kappa shape index (κ2) is 7.81. The average Bonchev–Trinajstić information content (AvgIpc) is 2.42. The molecule has 0 aromatic heterocycles.